The SMILES string of the molecule is CC(C)NC(=O)C(=O)N1CCN(c2nncc(-c3ccc(Cl)cc3)n2)CC1.CC(C)NC=O.Clc1ccc(-c2cnnc(N3CCNCC3)n2)cc1.O=C=O. The zero-order chi connectivity index (χ0) is 40.2. The van der Waals surface area contributed by atoms with Crippen molar-refractivity contribution in [3.8, 4) is 22.5 Å². The standard InChI is InChI=1S/C18H21ClN6O2.C13H14ClN5.C4H9NO.CO2/c1-12(2)21-16(26)17(27)24-7-9-25(10-8-24)18-22-15(11-20-23-18)13-3-5-14(19)6-4-13;14-11-3-1-10(2-4-11)12-9-16-18-13(17-12)19-7-5-15-6-8-19;1-4(2)5-3-6;2-1-3/h3-6,11-12H,7-10H2,1-2H3,(H,21,26);1-4,9,15H,5-8H2;3-4H,1-2H3,(H,5,6);. The third-order valence-electron chi connectivity index (χ3n) is 7.64. The Morgan fingerprint density at radius 2 is 1.16 bits per heavy atom. The molecule has 6 rings (SSSR count). The number of anilines is 2. The lowest BCUT2D eigenvalue weighted by Gasteiger charge is -2.34. The summed E-state index contributed by atoms with van der Waals surface area (Å²) in [7, 11) is 0. The Balaban J connectivity index is 0.000000251. The zero-order valence-electron chi connectivity index (χ0n) is 31.0. The number of amides is 3. The molecule has 55 heavy (non-hydrogen) atoms. The molecule has 0 bridgehead atoms. The predicted octanol–water partition coefficient (Wildman–Crippen LogP) is 2.52. The van der Waals surface area contributed by atoms with Gasteiger partial charge in [0.2, 0.25) is 18.3 Å². The van der Waals surface area contributed by atoms with Crippen LogP contribution in [0.5, 0.6) is 0 Å². The largest absolute Gasteiger partial charge is 0.373 e. The van der Waals surface area contributed by atoms with Crippen molar-refractivity contribution in [1.29, 1.82) is 0 Å². The summed E-state index contributed by atoms with van der Waals surface area (Å²) in [4.78, 5) is 64.6. The summed E-state index contributed by atoms with van der Waals surface area (Å²) in [6, 6.07) is 15.1. The van der Waals surface area contributed by atoms with Crippen LogP contribution in [-0.4, -0.2) is 124 Å². The number of halogens is 2. The first-order valence-corrected chi connectivity index (χ1v) is 18.1. The van der Waals surface area contributed by atoms with Crippen LogP contribution in [0.4, 0.5) is 11.9 Å². The van der Waals surface area contributed by atoms with Crippen molar-refractivity contribution in [1.82, 2.24) is 51.2 Å². The van der Waals surface area contributed by atoms with Gasteiger partial charge in [-0.25, -0.2) is 9.97 Å². The van der Waals surface area contributed by atoms with Crippen LogP contribution in [0.3, 0.4) is 0 Å². The van der Waals surface area contributed by atoms with E-state index >= 15 is 0 Å². The molecule has 0 atom stereocenters. The molecule has 0 radical (unpaired) electrons. The second-order valence-electron chi connectivity index (χ2n) is 12.5. The second kappa shape index (κ2) is 23.2. The van der Waals surface area contributed by atoms with E-state index in [1.54, 1.807) is 29.4 Å². The molecule has 2 aromatic carbocycles. The molecule has 0 saturated carbocycles. The highest BCUT2D eigenvalue weighted by Crippen LogP contribution is 2.22. The van der Waals surface area contributed by atoms with E-state index in [9.17, 15) is 14.4 Å². The first-order valence-electron chi connectivity index (χ1n) is 17.4. The third kappa shape index (κ3) is 15.0. The number of hydrogen-bond donors (Lipinski definition) is 3. The number of carbonyl (C=O) groups is 3. The van der Waals surface area contributed by atoms with Gasteiger partial charge in [-0.3, -0.25) is 14.4 Å². The van der Waals surface area contributed by atoms with E-state index in [2.05, 4.69) is 51.2 Å². The molecular weight excluding hydrogens is 751 g/mol. The Morgan fingerprint density at radius 3 is 1.55 bits per heavy atom. The molecule has 19 heteroatoms. The minimum atomic E-state index is -0.568. The van der Waals surface area contributed by atoms with Gasteiger partial charge >= 0.3 is 18.0 Å². The van der Waals surface area contributed by atoms with E-state index in [-0.39, 0.29) is 18.2 Å². The smallest absolute Gasteiger partial charge is 0.357 e. The van der Waals surface area contributed by atoms with Crippen LogP contribution >= 0.6 is 23.2 Å². The lowest BCUT2D eigenvalue weighted by Crippen LogP contribution is -2.53. The van der Waals surface area contributed by atoms with Crippen molar-refractivity contribution >= 4 is 59.5 Å². The van der Waals surface area contributed by atoms with Crippen molar-refractivity contribution < 1.29 is 24.0 Å². The fourth-order valence-corrected chi connectivity index (χ4v) is 5.21. The topological polar surface area (TPSA) is 208 Å². The van der Waals surface area contributed by atoms with Gasteiger partial charge < -0.3 is 30.7 Å². The van der Waals surface area contributed by atoms with Crippen molar-refractivity contribution in [2.75, 3.05) is 62.2 Å². The molecule has 0 spiro atoms. The summed E-state index contributed by atoms with van der Waals surface area (Å²) < 4.78 is 0. The summed E-state index contributed by atoms with van der Waals surface area (Å²) in [6.07, 6.45) is 4.22. The van der Waals surface area contributed by atoms with E-state index in [0.29, 0.717) is 60.2 Å². The molecule has 3 N–H and O–H groups in total. The molecule has 2 aliphatic rings. The highest BCUT2D eigenvalue weighted by atomic mass is 35.5. The number of rotatable bonds is 7. The average Bonchev–Trinajstić information content (AvgIpc) is 3.19. The highest BCUT2D eigenvalue weighted by molar-refractivity contribution is 6.35. The Bertz CT molecular complexity index is 1830. The van der Waals surface area contributed by atoms with Gasteiger partial charge in [-0.05, 0) is 52.0 Å². The third-order valence-corrected chi connectivity index (χ3v) is 8.14. The van der Waals surface area contributed by atoms with Crippen LogP contribution < -0.4 is 25.8 Å². The van der Waals surface area contributed by atoms with Crippen LogP contribution in [0.15, 0.2) is 60.9 Å². The first kappa shape index (κ1) is 43.8. The molecule has 2 aliphatic heterocycles. The van der Waals surface area contributed by atoms with Crippen LogP contribution in [0.25, 0.3) is 22.5 Å². The van der Waals surface area contributed by atoms with Gasteiger partial charge in [-0.1, -0.05) is 47.5 Å². The van der Waals surface area contributed by atoms with Gasteiger partial charge in [0.1, 0.15) is 0 Å². The summed E-state index contributed by atoms with van der Waals surface area (Å²) in [6.45, 7) is 13.1. The number of benzene rings is 2. The molecule has 0 aliphatic carbocycles. The maximum Gasteiger partial charge on any atom is 0.373 e. The normalized spacial score (nSPS) is 13.5. The first-order chi connectivity index (χ1) is 26.4. The molecule has 17 nitrogen and oxygen atoms in total. The minimum absolute atomic E-state index is 0.0715. The van der Waals surface area contributed by atoms with Gasteiger partial charge in [0.05, 0.1) is 23.8 Å². The Kier molecular flexibility index (Phi) is 18.5. The van der Waals surface area contributed by atoms with E-state index < -0.39 is 11.8 Å². The molecular formula is C36H44Cl2N12O5. The van der Waals surface area contributed by atoms with Gasteiger partial charge in [0.15, 0.2) is 0 Å². The van der Waals surface area contributed by atoms with Crippen molar-refractivity contribution in [2.45, 2.75) is 39.8 Å². The maximum atomic E-state index is 12.2. The predicted molar refractivity (Wildman–Crippen MR) is 207 cm³/mol. The quantitative estimate of drug-likeness (QED) is 0.182. The Labute approximate surface area is 329 Å². The van der Waals surface area contributed by atoms with Gasteiger partial charge in [-0.2, -0.15) is 19.8 Å². The summed E-state index contributed by atoms with van der Waals surface area (Å²) in [5.41, 5.74) is 3.41. The number of nitrogens with one attached hydrogen (secondary N) is 3. The molecule has 4 heterocycles. The fraction of sp³-hybridized carbons (Fsp3) is 0.389. The maximum absolute atomic E-state index is 12.2. The molecule has 2 fully saturated rings. The fourth-order valence-electron chi connectivity index (χ4n) is 4.95. The number of nitrogens with zero attached hydrogens (tertiary/aromatic N) is 9. The van der Waals surface area contributed by atoms with E-state index in [4.69, 9.17) is 32.8 Å². The second-order valence-corrected chi connectivity index (χ2v) is 13.3. The van der Waals surface area contributed by atoms with Crippen LogP contribution in [0.2, 0.25) is 10.0 Å². The van der Waals surface area contributed by atoms with Crippen molar-refractivity contribution in [3.63, 3.8) is 0 Å². The monoisotopic (exact) mass is 794 g/mol. The van der Waals surface area contributed by atoms with Gasteiger partial charge in [0.25, 0.3) is 0 Å². The van der Waals surface area contributed by atoms with E-state index in [0.717, 1.165) is 43.0 Å². The van der Waals surface area contributed by atoms with Crippen LogP contribution in [0.1, 0.15) is 27.7 Å². The molecule has 2 saturated heterocycles. The van der Waals surface area contributed by atoms with Crippen molar-refractivity contribution in [2.24, 2.45) is 0 Å². The molecule has 2 aromatic heterocycles. The lowest BCUT2D eigenvalue weighted by atomic mass is 10.2. The Morgan fingerprint density at radius 1 is 0.727 bits per heavy atom. The summed E-state index contributed by atoms with van der Waals surface area (Å²) >= 11 is 11.8. The summed E-state index contributed by atoms with van der Waals surface area (Å²) in [5.74, 6) is 0.119. The lowest BCUT2D eigenvalue weighted by molar-refractivity contribution is -0.191. The number of hydrogen-bond acceptors (Lipinski definition) is 14. The van der Waals surface area contributed by atoms with E-state index in [1.807, 2.05) is 69.0 Å². The molecule has 4 aromatic rings. The van der Waals surface area contributed by atoms with Crippen molar-refractivity contribution in [3.05, 3.63) is 71.0 Å². The van der Waals surface area contributed by atoms with Gasteiger partial charge in [-0.15, -0.1) is 10.2 Å². The Hall–Kier alpha value is -5.61. The van der Waals surface area contributed by atoms with Crippen LogP contribution in [-0.2, 0) is 24.0 Å². The number of piperazine rings is 2. The number of carbonyl (C=O) groups excluding carboxylic acids is 5. The number of aromatic nitrogens is 6. The minimum Gasteiger partial charge on any atom is -0.357 e. The molecule has 0 unspecified atom stereocenters. The molecule has 292 valence electrons. The highest BCUT2D eigenvalue weighted by Gasteiger charge is 2.27. The van der Waals surface area contributed by atoms with Crippen LogP contribution in [0, 0.1) is 0 Å². The zero-order valence-corrected chi connectivity index (χ0v) is 32.5. The average molecular weight is 796 g/mol. The van der Waals surface area contributed by atoms with E-state index in [1.165, 1.54) is 0 Å². The summed E-state index contributed by atoms with van der Waals surface area (Å²) in [5, 5.41) is 26.1. The van der Waals surface area contributed by atoms with Gasteiger partial charge in [0, 0.05) is 85.6 Å². The molecule has 3 amide bonds.